The lowest BCUT2D eigenvalue weighted by atomic mass is 9.98. The number of hydrogen-bond donors (Lipinski definition) is 1. The summed E-state index contributed by atoms with van der Waals surface area (Å²) in [6.07, 6.45) is -0.219. The predicted octanol–water partition coefficient (Wildman–Crippen LogP) is 2.76. The quantitative estimate of drug-likeness (QED) is 0.523. The fourth-order valence-electron chi connectivity index (χ4n) is 1.34. The Bertz CT molecular complexity index is 393. The van der Waals surface area contributed by atoms with E-state index in [-0.39, 0.29) is 11.6 Å². The second-order valence-electron chi connectivity index (χ2n) is 4.05. The van der Waals surface area contributed by atoms with Crippen molar-refractivity contribution in [3.05, 3.63) is 37.4 Å². The molecule has 0 radical (unpaired) electrons. The van der Waals surface area contributed by atoms with Gasteiger partial charge in [0.1, 0.15) is 0 Å². The van der Waals surface area contributed by atoms with E-state index in [0.717, 1.165) is 3.57 Å². The Labute approximate surface area is 108 Å². The number of benzene rings is 1. The molecule has 4 nitrogen and oxygen atoms in total. The Morgan fingerprint density at radius 3 is 2.62 bits per heavy atom. The van der Waals surface area contributed by atoms with E-state index in [9.17, 15) is 15.2 Å². The van der Waals surface area contributed by atoms with Gasteiger partial charge in [-0.15, -0.1) is 0 Å². The molecule has 0 saturated heterocycles. The van der Waals surface area contributed by atoms with Gasteiger partial charge in [0, 0.05) is 21.6 Å². The van der Waals surface area contributed by atoms with Crippen molar-refractivity contribution in [2.45, 2.75) is 26.4 Å². The Hall–Kier alpha value is -0.690. The molecule has 0 spiro atoms. The first-order valence-electron chi connectivity index (χ1n) is 5.02. The van der Waals surface area contributed by atoms with Gasteiger partial charge in [0.05, 0.1) is 11.0 Å². The van der Waals surface area contributed by atoms with Gasteiger partial charge in [0.15, 0.2) is 0 Å². The van der Waals surface area contributed by atoms with E-state index in [2.05, 4.69) is 0 Å². The Morgan fingerprint density at radius 1 is 1.50 bits per heavy atom. The van der Waals surface area contributed by atoms with Crippen LogP contribution in [-0.4, -0.2) is 16.1 Å². The highest BCUT2D eigenvalue weighted by Crippen LogP contribution is 2.23. The van der Waals surface area contributed by atoms with Crippen molar-refractivity contribution in [1.82, 2.24) is 0 Å². The number of aliphatic hydroxyl groups is 1. The first-order valence-corrected chi connectivity index (χ1v) is 6.10. The number of nitro benzene ring substituents is 1. The van der Waals surface area contributed by atoms with Gasteiger partial charge in [-0.2, -0.15) is 0 Å². The molecule has 1 unspecified atom stereocenters. The van der Waals surface area contributed by atoms with Crippen LogP contribution in [0.4, 0.5) is 5.69 Å². The molecule has 1 aromatic rings. The molecule has 1 atom stereocenters. The average molecular weight is 335 g/mol. The lowest BCUT2D eigenvalue weighted by molar-refractivity contribution is -0.385. The Kier molecular flexibility index (Phi) is 4.67. The van der Waals surface area contributed by atoms with Crippen LogP contribution in [0, 0.1) is 19.6 Å². The van der Waals surface area contributed by atoms with E-state index < -0.39 is 11.0 Å². The summed E-state index contributed by atoms with van der Waals surface area (Å²) in [7, 11) is 0. The highest BCUT2D eigenvalue weighted by atomic mass is 127. The highest BCUT2D eigenvalue weighted by molar-refractivity contribution is 14.1. The van der Waals surface area contributed by atoms with Crippen molar-refractivity contribution in [2.24, 2.45) is 5.92 Å². The minimum atomic E-state index is -0.543. The van der Waals surface area contributed by atoms with Crippen molar-refractivity contribution >= 4 is 28.3 Å². The first-order chi connectivity index (χ1) is 7.41. The fraction of sp³-hybridized carbons (Fsp3) is 0.455. The third kappa shape index (κ3) is 3.41. The van der Waals surface area contributed by atoms with Gasteiger partial charge in [-0.25, -0.2) is 0 Å². The molecule has 1 rings (SSSR count). The molecular formula is C11H14INO3. The zero-order valence-electron chi connectivity index (χ0n) is 9.18. The van der Waals surface area contributed by atoms with E-state index in [1.54, 1.807) is 6.07 Å². The molecule has 0 aromatic heterocycles. The molecular weight excluding hydrogens is 321 g/mol. The van der Waals surface area contributed by atoms with Crippen LogP contribution in [0.5, 0.6) is 0 Å². The van der Waals surface area contributed by atoms with Gasteiger partial charge in [-0.3, -0.25) is 10.1 Å². The minimum Gasteiger partial charge on any atom is -0.393 e. The summed E-state index contributed by atoms with van der Waals surface area (Å²) in [6.45, 7) is 3.78. The third-order valence-electron chi connectivity index (χ3n) is 2.44. The topological polar surface area (TPSA) is 63.4 Å². The third-order valence-corrected chi connectivity index (χ3v) is 3.11. The zero-order chi connectivity index (χ0) is 12.3. The van der Waals surface area contributed by atoms with E-state index >= 15 is 0 Å². The Morgan fingerprint density at radius 2 is 2.12 bits per heavy atom. The minimum absolute atomic E-state index is 0.0894. The fourth-order valence-corrected chi connectivity index (χ4v) is 1.82. The molecule has 1 N–H and O–H groups in total. The molecule has 0 aliphatic heterocycles. The summed E-state index contributed by atoms with van der Waals surface area (Å²) in [4.78, 5) is 10.4. The maximum atomic E-state index is 10.8. The van der Waals surface area contributed by atoms with Crippen LogP contribution in [0.3, 0.4) is 0 Å². The summed E-state index contributed by atoms with van der Waals surface area (Å²) < 4.78 is 0.826. The lowest BCUT2D eigenvalue weighted by Gasteiger charge is -2.14. The second-order valence-corrected chi connectivity index (χ2v) is 5.29. The molecule has 1 aromatic carbocycles. The molecule has 0 bridgehead atoms. The average Bonchev–Trinajstić information content (AvgIpc) is 2.20. The molecule has 88 valence electrons. The van der Waals surface area contributed by atoms with Crippen LogP contribution in [0.1, 0.15) is 19.4 Å². The summed E-state index contributed by atoms with van der Waals surface area (Å²) >= 11 is 2.04. The summed E-state index contributed by atoms with van der Waals surface area (Å²) in [5.74, 6) is 0.0962. The first kappa shape index (κ1) is 13.4. The van der Waals surface area contributed by atoms with Gasteiger partial charge < -0.3 is 5.11 Å². The van der Waals surface area contributed by atoms with Crippen molar-refractivity contribution in [3.63, 3.8) is 0 Å². The number of halogens is 1. The van der Waals surface area contributed by atoms with Crippen LogP contribution in [-0.2, 0) is 6.42 Å². The molecule has 0 saturated carbocycles. The number of rotatable bonds is 4. The molecule has 0 amide bonds. The maximum absolute atomic E-state index is 10.8. The number of nitrogens with zero attached hydrogens (tertiary/aromatic N) is 1. The Balaban J connectivity index is 2.99. The van der Waals surface area contributed by atoms with Gasteiger partial charge in [0.2, 0.25) is 0 Å². The predicted molar refractivity (Wildman–Crippen MR) is 70.4 cm³/mol. The van der Waals surface area contributed by atoms with Crippen LogP contribution >= 0.6 is 22.6 Å². The zero-order valence-corrected chi connectivity index (χ0v) is 11.3. The van der Waals surface area contributed by atoms with Crippen LogP contribution in [0.15, 0.2) is 18.2 Å². The van der Waals surface area contributed by atoms with Gasteiger partial charge in [0.25, 0.3) is 5.69 Å². The van der Waals surface area contributed by atoms with E-state index in [1.165, 1.54) is 6.07 Å². The van der Waals surface area contributed by atoms with Crippen LogP contribution < -0.4 is 0 Å². The largest absolute Gasteiger partial charge is 0.393 e. The maximum Gasteiger partial charge on any atom is 0.273 e. The number of hydrogen-bond acceptors (Lipinski definition) is 3. The standard InChI is InChI=1S/C11H14INO3/c1-7(2)11(14)5-8-3-4-9(12)6-10(8)13(15)16/h3-4,6-7,11,14H,5H2,1-2H3. The van der Waals surface area contributed by atoms with Crippen molar-refractivity contribution < 1.29 is 10.0 Å². The van der Waals surface area contributed by atoms with Gasteiger partial charge >= 0.3 is 0 Å². The number of nitro groups is 1. The van der Waals surface area contributed by atoms with Gasteiger partial charge in [-0.1, -0.05) is 19.9 Å². The molecule has 0 aliphatic rings. The SMILES string of the molecule is CC(C)C(O)Cc1ccc(I)cc1[N+](=O)[O-]. The lowest BCUT2D eigenvalue weighted by Crippen LogP contribution is -2.18. The molecule has 0 heterocycles. The van der Waals surface area contributed by atoms with Crippen LogP contribution in [0.25, 0.3) is 0 Å². The molecule has 0 aliphatic carbocycles. The molecule has 16 heavy (non-hydrogen) atoms. The smallest absolute Gasteiger partial charge is 0.273 e. The van der Waals surface area contributed by atoms with E-state index in [0.29, 0.717) is 12.0 Å². The summed E-state index contributed by atoms with van der Waals surface area (Å²) in [5.41, 5.74) is 0.679. The summed E-state index contributed by atoms with van der Waals surface area (Å²) in [5, 5.41) is 20.6. The highest BCUT2D eigenvalue weighted by Gasteiger charge is 2.18. The van der Waals surface area contributed by atoms with Crippen molar-refractivity contribution in [3.8, 4) is 0 Å². The van der Waals surface area contributed by atoms with Crippen LogP contribution in [0.2, 0.25) is 0 Å². The van der Waals surface area contributed by atoms with E-state index in [4.69, 9.17) is 0 Å². The van der Waals surface area contributed by atoms with Crippen molar-refractivity contribution in [2.75, 3.05) is 0 Å². The number of aliphatic hydroxyl groups excluding tert-OH is 1. The van der Waals surface area contributed by atoms with Gasteiger partial charge in [-0.05, 0) is 34.6 Å². The normalized spacial score (nSPS) is 12.8. The van der Waals surface area contributed by atoms with Crippen molar-refractivity contribution in [1.29, 1.82) is 0 Å². The molecule has 0 fully saturated rings. The molecule has 5 heteroatoms. The van der Waals surface area contributed by atoms with E-state index in [1.807, 2.05) is 42.5 Å². The second kappa shape index (κ2) is 5.58. The monoisotopic (exact) mass is 335 g/mol. The summed E-state index contributed by atoms with van der Waals surface area (Å²) in [6, 6.07) is 5.06.